The van der Waals surface area contributed by atoms with Gasteiger partial charge in [0, 0.05) is 19.2 Å². The second-order valence-corrected chi connectivity index (χ2v) is 12.6. The van der Waals surface area contributed by atoms with E-state index in [0.29, 0.717) is 43.6 Å². The number of rotatable bonds is 10. The first-order valence-corrected chi connectivity index (χ1v) is 15.3. The minimum atomic E-state index is -3.79. The highest BCUT2D eigenvalue weighted by Crippen LogP contribution is 2.35. The van der Waals surface area contributed by atoms with E-state index in [9.17, 15) is 21.6 Å². The van der Waals surface area contributed by atoms with Crippen LogP contribution in [0.25, 0.3) is 0 Å². The van der Waals surface area contributed by atoms with Crippen molar-refractivity contribution in [3.8, 4) is 17.2 Å². The van der Waals surface area contributed by atoms with Gasteiger partial charge < -0.3 is 19.5 Å². The number of amides is 1. The number of fused-ring (bicyclic) bond motifs is 1. The maximum absolute atomic E-state index is 12.8. The number of sulfonamides is 2. The van der Waals surface area contributed by atoms with E-state index in [1.807, 2.05) is 0 Å². The molecule has 2 aliphatic heterocycles. The Hall–Kier alpha value is -3.03. The van der Waals surface area contributed by atoms with Crippen molar-refractivity contribution in [3.63, 3.8) is 0 Å². The van der Waals surface area contributed by atoms with Gasteiger partial charge in [-0.25, -0.2) is 16.8 Å². The lowest BCUT2D eigenvalue weighted by Crippen LogP contribution is -2.48. The summed E-state index contributed by atoms with van der Waals surface area (Å²) < 4.78 is 69.5. The third-order valence-electron chi connectivity index (χ3n) is 6.07. The van der Waals surface area contributed by atoms with Crippen LogP contribution < -0.4 is 23.8 Å². The van der Waals surface area contributed by atoms with E-state index in [4.69, 9.17) is 14.2 Å². The largest absolute Gasteiger partial charge is 0.492 e. The Bertz CT molecular complexity index is 1320. The standard InChI is InChI=1S/C24H31N3O8S2/c1-18(27(36(2,29)30)19-5-10-22-23(17-19)35-16-15-34-22)24(28)25-11-14-33-20-6-8-21(9-7-20)37(31,32)26-12-3-4-13-26/h5-10,17-18H,3-4,11-16H2,1-2H3,(H,25,28)/t18-/m1/s1. The molecular weight excluding hydrogens is 522 g/mol. The zero-order chi connectivity index (χ0) is 26.6. The van der Waals surface area contributed by atoms with Crippen LogP contribution in [-0.2, 0) is 24.8 Å². The number of hydrogen-bond donors (Lipinski definition) is 1. The number of nitrogens with one attached hydrogen (secondary N) is 1. The molecule has 0 saturated carbocycles. The van der Waals surface area contributed by atoms with E-state index in [0.717, 1.165) is 23.4 Å². The Kier molecular flexibility index (Phi) is 8.14. The molecule has 4 rings (SSSR count). The smallest absolute Gasteiger partial charge is 0.243 e. The van der Waals surface area contributed by atoms with Gasteiger partial charge in [0.2, 0.25) is 26.0 Å². The van der Waals surface area contributed by atoms with Gasteiger partial charge in [0.1, 0.15) is 31.6 Å². The lowest BCUT2D eigenvalue weighted by Gasteiger charge is -2.29. The van der Waals surface area contributed by atoms with Crippen LogP contribution in [0.15, 0.2) is 47.4 Å². The summed E-state index contributed by atoms with van der Waals surface area (Å²) in [5.74, 6) is 0.879. The van der Waals surface area contributed by atoms with Gasteiger partial charge in [0.25, 0.3) is 0 Å². The van der Waals surface area contributed by atoms with Crippen molar-refractivity contribution in [3.05, 3.63) is 42.5 Å². The molecule has 1 saturated heterocycles. The molecule has 2 heterocycles. The van der Waals surface area contributed by atoms with Crippen LogP contribution in [0.2, 0.25) is 0 Å². The first-order chi connectivity index (χ1) is 17.6. The van der Waals surface area contributed by atoms with Crippen LogP contribution in [-0.4, -0.2) is 78.8 Å². The minimum absolute atomic E-state index is 0.111. The SMILES string of the molecule is C[C@H](C(=O)NCCOc1ccc(S(=O)(=O)N2CCCC2)cc1)N(c1ccc2c(c1)OCCO2)S(C)(=O)=O. The predicted octanol–water partition coefficient (Wildman–Crippen LogP) is 1.59. The van der Waals surface area contributed by atoms with Gasteiger partial charge in [0.15, 0.2) is 11.5 Å². The molecule has 0 unspecified atom stereocenters. The van der Waals surface area contributed by atoms with Crippen LogP contribution in [0, 0.1) is 0 Å². The first-order valence-electron chi connectivity index (χ1n) is 12.0. The number of benzene rings is 2. The summed E-state index contributed by atoms with van der Waals surface area (Å²) in [6.45, 7) is 3.55. The van der Waals surface area contributed by atoms with Crippen molar-refractivity contribution in [2.75, 3.05) is 50.0 Å². The van der Waals surface area contributed by atoms with Crippen LogP contribution in [0.5, 0.6) is 17.2 Å². The molecule has 0 spiro atoms. The van der Waals surface area contributed by atoms with Crippen LogP contribution in [0.1, 0.15) is 19.8 Å². The lowest BCUT2D eigenvalue weighted by atomic mass is 10.2. The Morgan fingerprint density at radius 2 is 1.68 bits per heavy atom. The molecule has 11 nitrogen and oxygen atoms in total. The number of carbonyl (C=O) groups excluding carboxylic acids is 1. The molecule has 0 aliphatic carbocycles. The average molecular weight is 554 g/mol. The van der Waals surface area contributed by atoms with Crippen molar-refractivity contribution < 1.29 is 35.8 Å². The van der Waals surface area contributed by atoms with E-state index in [-0.39, 0.29) is 23.7 Å². The fourth-order valence-electron chi connectivity index (χ4n) is 4.25. The summed E-state index contributed by atoms with van der Waals surface area (Å²) in [5.41, 5.74) is 0.287. The third kappa shape index (κ3) is 6.28. The molecule has 0 bridgehead atoms. The molecule has 1 atom stereocenters. The third-order valence-corrected chi connectivity index (χ3v) is 9.22. The molecule has 1 N–H and O–H groups in total. The summed E-state index contributed by atoms with van der Waals surface area (Å²) in [4.78, 5) is 13.0. The van der Waals surface area contributed by atoms with Gasteiger partial charge in [0.05, 0.1) is 23.4 Å². The second kappa shape index (κ2) is 11.2. The second-order valence-electron chi connectivity index (χ2n) is 8.78. The number of nitrogens with zero attached hydrogens (tertiary/aromatic N) is 2. The van der Waals surface area contributed by atoms with Gasteiger partial charge in [-0.1, -0.05) is 0 Å². The maximum Gasteiger partial charge on any atom is 0.243 e. The normalized spacial score (nSPS) is 16.7. The van der Waals surface area contributed by atoms with E-state index in [1.165, 1.54) is 29.4 Å². The van der Waals surface area contributed by atoms with Crippen molar-refractivity contribution in [2.45, 2.75) is 30.7 Å². The Labute approximate surface area is 217 Å². The fraction of sp³-hybridized carbons (Fsp3) is 0.458. The Morgan fingerprint density at radius 3 is 2.32 bits per heavy atom. The van der Waals surface area contributed by atoms with Crippen LogP contribution >= 0.6 is 0 Å². The van der Waals surface area contributed by atoms with Crippen molar-refractivity contribution in [1.29, 1.82) is 0 Å². The predicted molar refractivity (Wildman–Crippen MR) is 137 cm³/mol. The first kappa shape index (κ1) is 27.0. The van der Waals surface area contributed by atoms with Crippen LogP contribution in [0.4, 0.5) is 5.69 Å². The summed E-state index contributed by atoms with van der Waals surface area (Å²) in [6, 6.07) is 9.82. The molecule has 0 aromatic heterocycles. The molecule has 202 valence electrons. The molecule has 1 fully saturated rings. The number of carbonyl (C=O) groups is 1. The molecule has 2 aliphatic rings. The van der Waals surface area contributed by atoms with E-state index in [2.05, 4.69) is 5.32 Å². The topological polar surface area (TPSA) is 132 Å². The summed E-state index contributed by atoms with van der Waals surface area (Å²) in [6.07, 6.45) is 2.76. The zero-order valence-electron chi connectivity index (χ0n) is 20.8. The van der Waals surface area contributed by atoms with E-state index < -0.39 is 32.0 Å². The highest BCUT2D eigenvalue weighted by Gasteiger charge is 2.30. The monoisotopic (exact) mass is 553 g/mol. The lowest BCUT2D eigenvalue weighted by molar-refractivity contribution is -0.121. The van der Waals surface area contributed by atoms with Crippen molar-refractivity contribution in [2.24, 2.45) is 0 Å². The average Bonchev–Trinajstić information content (AvgIpc) is 3.42. The van der Waals surface area contributed by atoms with Crippen molar-refractivity contribution >= 4 is 31.6 Å². The molecule has 0 radical (unpaired) electrons. The quantitative estimate of drug-likeness (QED) is 0.439. The molecule has 37 heavy (non-hydrogen) atoms. The Morgan fingerprint density at radius 1 is 1.03 bits per heavy atom. The molecule has 13 heteroatoms. The fourth-order valence-corrected chi connectivity index (χ4v) is 6.94. The molecule has 2 aromatic carbocycles. The maximum atomic E-state index is 12.8. The van der Waals surface area contributed by atoms with Crippen LogP contribution in [0.3, 0.4) is 0 Å². The van der Waals surface area contributed by atoms with Gasteiger partial charge in [-0.05, 0) is 56.2 Å². The number of ether oxygens (including phenoxy) is 3. The Balaban J connectivity index is 1.32. The summed E-state index contributed by atoms with van der Waals surface area (Å²) in [7, 11) is -7.29. The zero-order valence-corrected chi connectivity index (χ0v) is 22.4. The van der Waals surface area contributed by atoms with Gasteiger partial charge in [-0.2, -0.15) is 4.31 Å². The summed E-state index contributed by atoms with van der Waals surface area (Å²) in [5, 5.41) is 2.68. The van der Waals surface area contributed by atoms with Gasteiger partial charge in [-0.15, -0.1) is 0 Å². The molecular formula is C24H31N3O8S2. The van der Waals surface area contributed by atoms with Gasteiger partial charge >= 0.3 is 0 Å². The minimum Gasteiger partial charge on any atom is -0.492 e. The molecule has 1 amide bonds. The highest BCUT2D eigenvalue weighted by atomic mass is 32.2. The number of hydrogen-bond acceptors (Lipinski definition) is 8. The van der Waals surface area contributed by atoms with E-state index >= 15 is 0 Å². The number of anilines is 1. The van der Waals surface area contributed by atoms with Gasteiger partial charge in [-0.3, -0.25) is 9.10 Å². The van der Waals surface area contributed by atoms with E-state index in [1.54, 1.807) is 24.3 Å². The molecule has 2 aromatic rings. The van der Waals surface area contributed by atoms with Crippen molar-refractivity contribution in [1.82, 2.24) is 9.62 Å². The summed E-state index contributed by atoms with van der Waals surface area (Å²) >= 11 is 0. The highest BCUT2D eigenvalue weighted by molar-refractivity contribution is 7.92.